The van der Waals surface area contributed by atoms with Crippen LogP contribution in [0.3, 0.4) is 0 Å². The van der Waals surface area contributed by atoms with Crippen LogP contribution >= 0.6 is 27.3 Å². The molecule has 1 saturated heterocycles. The maximum atomic E-state index is 13.4. The van der Waals surface area contributed by atoms with E-state index in [0.717, 1.165) is 31.4 Å². The Morgan fingerprint density at radius 2 is 1.72 bits per heavy atom. The van der Waals surface area contributed by atoms with Gasteiger partial charge in [-0.1, -0.05) is 90.5 Å². The molecule has 1 N–H and O–H groups in total. The highest BCUT2D eigenvalue weighted by Crippen LogP contribution is 2.44. The molecule has 36 heavy (non-hydrogen) atoms. The predicted octanol–water partition coefficient (Wildman–Crippen LogP) is 7.29. The van der Waals surface area contributed by atoms with Gasteiger partial charge in [-0.05, 0) is 53.3 Å². The highest BCUT2D eigenvalue weighted by atomic mass is 79.9. The topological polar surface area (TPSA) is 70.5 Å². The van der Waals surface area contributed by atoms with Crippen molar-refractivity contribution in [3.63, 3.8) is 0 Å². The molecule has 182 valence electrons. The normalized spacial score (nSPS) is 17.8. The number of para-hydroxylation sites is 1. The van der Waals surface area contributed by atoms with Crippen LogP contribution in [0.2, 0.25) is 0 Å². The molecule has 2 heterocycles. The average Bonchev–Trinajstić information content (AvgIpc) is 3.38. The maximum Gasteiger partial charge on any atom is 0.301 e. The van der Waals surface area contributed by atoms with Crippen LogP contribution in [0.5, 0.6) is 0 Å². The molecular weight excluding hydrogens is 536 g/mol. The van der Waals surface area contributed by atoms with Crippen LogP contribution in [0, 0.1) is 6.92 Å². The van der Waals surface area contributed by atoms with E-state index in [1.54, 1.807) is 12.1 Å². The zero-order chi connectivity index (χ0) is 25.8. The van der Waals surface area contributed by atoms with Crippen LogP contribution in [0.4, 0.5) is 5.13 Å². The molecule has 1 fully saturated rings. The highest BCUT2D eigenvalue weighted by Gasteiger charge is 2.48. The molecule has 3 aromatic carbocycles. The van der Waals surface area contributed by atoms with Crippen molar-refractivity contribution in [1.82, 2.24) is 4.98 Å². The van der Waals surface area contributed by atoms with E-state index in [2.05, 4.69) is 41.7 Å². The summed E-state index contributed by atoms with van der Waals surface area (Å²) in [5.41, 5.74) is 4.01. The number of carbonyl (C=O) groups is 2. The molecule has 7 heteroatoms. The number of aromatic nitrogens is 1. The maximum absolute atomic E-state index is 13.4. The Kier molecular flexibility index (Phi) is 6.09. The number of carbonyl (C=O) groups excluding carboxylic acids is 2. The number of amides is 1. The zero-order valence-electron chi connectivity index (χ0n) is 20.4. The van der Waals surface area contributed by atoms with Crippen molar-refractivity contribution < 1.29 is 14.7 Å². The number of ketones is 1. The first kappa shape index (κ1) is 24.4. The number of hydrogen-bond donors (Lipinski definition) is 1. The molecule has 1 aliphatic heterocycles. The number of fused-ring (bicyclic) bond motifs is 1. The van der Waals surface area contributed by atoms with E-state index in [0.29, 0.717) is 10.7 Å². The minimum Gasteiger partial charge on any atom is -0.507 e. The highest BCUT2D eigenvalue weighted by molar-refractivity contribution is 9.10. The smallest absolute Gasteiger partial charge is 0.301 e. The van der Waals surface area contributed by atoms with E-state index in [-0.39, 0.29) is 16.7 Å². The largest absolute Gasteiger partial charge is 0.507 e. The first-order valence-electron chi connectivity index (χ1n) is 11.6. The van der Waals surface area contributed by atoms with Gasteiger partial charge >= 0.3 is 5.91 Å². The second kappa shape index (κ2) is 8.98. The fourth-order valence-electron chi connectivity index (χ4n) is 4.42. The van der Waals surface area contributed by atoms with E-state index < -0.39 is 17.7 Å². The summed E-state index contributed by atoms with van der Waals surface area (Å²) in [5, 5.41) is 11.8. The van der Waals surface area contributed by atoms with Crippen LogP contribution in [0.1, 0.15) is 49.1 Å². The van der Waals surface area contributed by atoms with E-state index in [9.17, 15) is 14.7 Å². The number of aliphatic hydroxyl groups is 1. The van der Waals surface area contributed by atoms with Crippen molar-refractivity contribution in [2.75, 3.05) is 4.90 Å². The number of hydrogen-bond acceptors (Lipinski definition) is 5. The number of nitrogens with zero attached hydrogens (tertiary/aromatic N) is 2. The Balaban J connectivity index is 1.72. The number of benzene rings is 3. The minimum absolute atomic E-state index is 0.0533. The van der Waals surface area contributed by atoms with Gasteiger partial charge in [-0.25, -0.2) is 4.98 Å². The second-order valence-corrected chi connectivity index (χ2v) is 11.8. The van der Waals surface area contributed by atoms with E-state index >= 15 is 0 Å². The monoisotopic (exact) mass is 560 g/mol. The van der Waals surface area contributed by atoms with Gasteiger partial charge in [0.2, 0.25) is 0 Å². The summed E-state index contributed by atoms with van der Waals surface area (Å²) in [6, 6.07) is 20.0. The van der Waals surface area contributed by atoms with Crippen molar-refractivity contribution in [3.8, 4) is 0 Å². The molecule has 5 rings (SSSR count). The molecule has 0 bridgehead atoms. The number of aryl methyl sites for hydroxylation is 1. The van der Waals surface area contributed by atoms with E-state index in [1.165, 1.54) is 16.2 Å². The van der Waals surface area contributed by atoms with E-state index in [1.807, 2.05) is 61.5 Å². The van der Waals surface area contributed by atoms with Crippen LogP contribution in [-0.4, -0.2) is 21.8 Å². The number of Topliss-reactive ketones (excluding diaryl/α,β-unsaturated/α-hetero) is 1. The Labute approximate surface area is 222 Å². The SMILES string of the molecule is Cc1cc(/C(O)=C2\C(=O)C(=O)N(c3nc4ccccc4s3)C2c2ccc(C(C)(C)C)cc2)ccc1Br. The number of aliphatic hydroxyl groups excluding tert-OH is 1. The first-order chi connectivity index (χ1) is 17.1. The first-order valence-corrected chi connectivity index (χ1v) is 13.2. The van der Waals surface area contributed by atoms with Crippen LogP contribution in [-0.2, 0) is 15.0 Å². The third-order valence-corrected chi connectivity index (χ3v) is 8.38. The summed E-state index contributed by atoms with van der Waals surface area (Å²) in [5.74, 6) is -1.62. The molecule has 1 aromatic heterocycles. The van der Waals surface area contributed by atoms with Gasteiger partial charge in [0.05, 0.1) is 21.8 Å². The summed E-state index contributed by atoms with van der Waals surface area (Å²) in [7, 11) is 0. The summed E-state index contributed by atoms with van der Waals surface area (Å²) >= 11 is 4.83. The third-order valence-electron chi connectivity index (χ3n) is 6.46. The molecule has 1 unspecified atom stereocenters. The summed E-state index contributed by atoms with van der Waals surface area (Å²) < 4.78 is 1.81. The van der Waals surface area contributed by atoms with Gasteiger partial charge in [0.25, 0.3) is 5.78 Å². The fraction of sp³-hybridized carbons (Fsp3) is 0.207. The van der Waals surface area contributed by atoms with Gasteiger partial charge < -0.3 is 5.11 Å². The van der Waals surface area contributed by atoms with Gasteiger partial charge in [-0.15, -0.1) is 0 Å². The summed E-state index contributed by atoms with van der Waals surface area (Å²) in [4.78, 5) is 33.0. The van der Waals surface area contributed by atoms with Crippen molar-refractivity contribution in [1.29, 1.82) is 0 Å². The third kappa shape index (κ3) is 4.16. The molecule has 0 spiro atoms. The number of rotatable bonds is 3. The van der Waals surface area contributed by atoms with Gasteiger partial charge in [0.1, 0.15) is 5.76 Å². The lowest BCUT2D eigenvalue weighted by molar-refractivity contribution is -0.132. The van der Waals surface area contributed by atoms with Gasteiger partial charge in [0, 0.05) is 10.0 Å². The average molecular weight is 562 g/mol. The fourth-order valence-corrected chi connectivity index (χ4v) is 5.66. The molecular formula is C29H25BrN2O3S. The van der Waals surface area contributed by atoms with Crippen LogP contribution in [0.15, 0.2) is 76.8 Å². The molecule has 4 aromatic rings. The lowest BCUT2D eigenvalue weighted by Crippen LogP contribution is -2.29. The van der Waals surface area contributed by atoms with Gasteiger partial charge in [-0.3, -0.25) is 14.5 Å². The lowest BCUT2D eigenvalue weighted by Gasteiger charge is -2.24. The molecule has 0 radical (unpaired) electrons. The van der Waals surface area contributed by atoms with Gasteiger partial charge in [0.15, 0.2) is 5.13 Å². The summed E-state index contributed by atoms with van der Waals surface area (Å²) in [6.45, 7) is 8.30. The number of halogens is 1. The van der Waals surface area contributed by atoms with Crippen molar-refractivity contribution in [3.05, 3.63) is 99.0 Å². The molecule has 1 atom stereocenters. The van der Waals surface area contributed by atoms with Crippen LogP contribution < -0.4 is 4.90 Å². The van der Waals surface area contributed by atoms with Gasteiger partial charge in [-0.2, -0.15) is 0 Å². The summed E-state index contributed by atoms with van der Waals surface area (Å²) in [6.07, 6.45) is 0. The van der Waals surface area contributed by atoms with Crippen LogP contribution in [0.25, 0.3) is 16.0 Å². The zero-order valence-corrected chi connectivity index (χ0v) is 22.8. The Bertz CT molecular complexity index is 1510. The predicted molar refractivity (Wildman–Crippen MR) is 148 cm³/mol. The molecule has 5 nitrogen and oxygen atoms in total. The number of anilines is 1. The molecule has 1 amide bonds. The molecule has 0 saturated carbocycles. The lowest BCUT2D eigenvalue weighted by atomic mass is 9.85. The Hall–Kier alpha value is -3.29. The quantitative estimate of drug-likeness (QED) is 0.162. The van der Waals surface area contributed by atoms with E-state index in [4.69, 9.17) is 0 Å². The Morgan fingerprint density at radius 3 is 2.36 bits per heavy atom. The molecule has 1 aliphatic rings. The van der Waals surface area contributed by atoms with Crippen molar-refractivity contribution >= 4 is 60.1 Å². The molecule has 0 aliphatic carbocycles. The minimum atomic E-state index is -0.802. The standard InChI is InChI=1S/C29H25BrN2O3S/c1-16-15-18(11-14-20(16)30)25(33)23-24(17-9-12-19(13-10-17)29(2,3)4)32(27(35)26(23)34)28-31-21-7-5-6-8-22(21)36-28/h5-15,24,33H,1-4H3/b25-23+. The van der Waals surface area contributed by atoms with Crippen molar-refractivity contribution in [2.45, 2.75) is 39.2 Å². The Morgan fingerprint density at radius 1 is 1.03 bits per heavy atom. The van der Waals surface area contributed by atoms with Crippen molar-refractivity contribution in [2.24, 2.45) is 0 Å². The second-order valence-electron chi connectivity index (χ2n) is 9.97. The number of thiazole rings is 1.